The van der Waals surface area contributed by atoms with Crippen LogP contribution in [0.4, 0.5) is 14.9 Å². The normalized spacial score (nSPS) is 35.8. The summed E-state index contributed by atoms with van der Waals surface area (Å²) in [6, 6.07) is 6.14. The number of nitrogens with one attached hydrogen (secondary N) is 2. The molecule has 3 nitrogen and oxygen atoms in total. The maximum Gasteiger partial charge on any atom is 0.319 e. The molecule has 5 rings (SSSR count). The predicted octanol–water partition coefficient (Wildman–Crippen LogP) is 4.55. The van der Waals surface area contributed by atoms with E-state index < -0.39 is 5.82 Å². The Morgan fingerprint density at radius 2 is 1.70 bits per heavy atom. The van der Waals surface area contributed by atoms with E-state index in [1.165, 1.54) is 44.6 Å². The molecule has 1 atom stereocenters. The number of urea groups is 1. The van der Waals surface area contributed by atoms with Gasteiger partial charge in [0, 0.05) is 6.04 Å². The second-order valence-electron chi connectivity index (χ2n) is 8.08. The van der Waals surface area contributed by atoms with Crippen LogP contribution in [0.25, 0.3) is 0 Å². The van der Waals surface area contributed by atoms with Gasteiger partial charge in [0.1, 0.15) is 5.82 Å². The number of rotatable bonds is 3. The monoisotopic (exact) mass is 316 g/mol. The maximum atomic E-state index is 13.7. The number of hydrogen-bond donors (Lipinski definition) is 2. The molecule has 1 aromatic rings. The first-order chi connectivity index (χ1) is 11.0. The van der Waals surface area contributed by atoms with E-state index in [2.05, 4.69) is 17.6 Å². The van der Waals surface area contributed by atoms with Gasteiger partial charge >= 0.3 is 6.03 Å². The number of hydrogen-bond acceptors (Lipinski definition) is 1. The molecule has 0 aliphatic heterocycles. The van der Waals surface area contributed by atoms with Crippen LogP contribution in [0.3, 0.4) is 0 Å². The van der Waals surface area contributed by atoms with E-state index in [1.54, 1.807) is 18.2 Å². The third kappa shape index (κ3) is 2.73. The highest BCUT2D eigenvalue weighted by molar-refractivity contribution is 5.89. The minimum absolute atomic E-state index is 0.141. The van der Waals surface area contributed by atoms with Crippen molar-refractivity contribution in [1.29, 1.82) is 0 Å². The molecule has 124 valence electrons. The molecule has 4 aliphatic rings. The Hall–Kier alpha value is -1.58. The van der Waals surface area contributed by atoms with Crippen LogP contribution in [-0.2, 0) is 0 Å². The van der Waals surface area contributed by atoms with Crippen molar-refractivity contribution < 1.29 is 9.18 Å². The largest absolute Gasteiger partial charge is 0.335 e. The summed E-state index contributed by atoms with van der Waals surface area (Å²) in [6.07, 6.45) is 7.94. The lowest BCUT2D eigenvalue weighted by atomic mass is 9.48. The molecule has 0 spiro atoms. The Balaban J connectivity index is 1.43. The maximum absolute atomic E-state index is 13.7. The molecule has 4 bridgehead atoms. The summed E-state index contributed by atoms with van der Waals surface area (Å²) in [5.41, 5.74) is 0.504. The molecule has 23 heavy (non-hydrogen) atoms. The highest BCUT2D eigenvalue weighted by atomic mass is 19.1. The van der Waals surface area contributed by atoms with E-state index in [0.29, 0.717) is 0 Å². The molecule has 0 aromatic heterocycles. The topological polar surface area (TPSA) is 41.1 Å². The fraction of sp³-hybridized carbons (Fsp3) is 0.632. The molecule has 4 fully saturated rings. The molecule has 0 heterocycles. The summed E-state index contributed by atoms with van der Waals surface area (Å²) in [5, 5.41) is 5.74. The first kappa shape index (κ1) is 15.0. The molecule has 1 unspecified atom stereocenters. The van der Waals surface area contributed by atoms with E-state index in [1.807, 2.05) is 0 Å². The van der Waals surface area contributed by atoms with Crippen LogP contribution in [0.15, 0.2) is 24.3 Å². The van der Waals surface area contributed by atoms with Crippen molar-refractivity contribution >= 4 is 11.7 Å². The van der Waals surface area contributed by atoms with Crippen molar-refractivity contribution in [1.82, 2.24) is 5.32 Å². The van der Waals surface area contributed by atoms with Crippen LogP contribution in [0.1, 0.15) is 45.4 Å². The van der Waals surface area contributed by atoms with Gasteiger partial charge in [-0.2, -0.15) is 0 Å². The smallest absolute Gasteiger partial charge is 0.319 e. The molecule has 0 saturated heterocycles. The van der Waals surface area contributed by atoms with E-state index >= 15 is 0 Å². The third-order valence-electron chi connectivity index (χ3n) is 6.47. The van der Waals surface area contributed by atoms with Crippen molar-refractivity contribution in [2.75, 3.05) is 5.32 Å². The van der Waals surface area contributed by atoms with Gasteiger partial charge in [-0.25, -0.2) is 9.18 Å². The van der Waals surface area contributed by atoms with Gasteiger partial charge in [0.2, 0.25) is 0 Å². The van der Waals surface area contributed by atoms with Gasteiger partial charge in [-0.1, -0.05) is 12.1 Å². The fourth-order valence-corrected chi connectivity index (χ4v) is 5.78. The molecular weight excluding hydrogens is 291 g/mol. The zero-order chi connectivity index (χ0) is 16.0. The number of benzene rings is 1. The summed E-state index contributed by atoms with van der Waals surface area (Å²) in [5.74, 6) is 2.19. The van der Waals surface area contributed by atoms with E-state index in [-0.39, 0.29) is 23.2 Å². The van der Waals surface area contributed by atoms with E-state index in [4.69, 9.17) is 0 Å². The minimum atomic E-state index is -0.398. The van der Waals surface area contributed by atoms with Crippen molar-refractivity contribution in [2.24, 2.45) is 23.2 Å². The summed E-state index contributed by atoms with van der Waals surface area (Å²) >= 11 is 0. The van der Waals surface area contributed by atoms with Crippen LogP contribution in [0.2, 0.25) is 0 Å². The first-order valence-electron chi connectivity index (χ1n) is 8.86. The quantitative estimate of drug-likeness (QED) is 0.844. The van der Waals surface area contributed by atoms with Crippen molar-refractivity contribution in [3.05, 3.63) is 30.1 Å². The lowest BCUT2D eigenvalue weighted by molar-refractivity contribution is -0.0679. The second-order valence-corrected chi connectivity index (χ2v) is 8.08. The SMILES string of the molecule is CC(NC(=O)Nc1ccccc1F)C12CC3CC(CC(C3)C1)C2. The second kappa shape index (κ2) is 5.50. The Labute approximate surface area is 137 Å². The molecule has 0 radical (unpaired) electrons. The molecular formula is C19H25FN2O. The Morgan fingerprint density at radius 3 is 2.26 bits per heavy atom. The van der Waals surface area contributed by atoms with Crippen LogP contribution in [-0.4, -0.2) is 12.1 Å². The average molecular weight is 316 g/mol. The number of carbonyl (C=O) groups is 1. The van der Waals surface area contributed by atoms with Gasteiger partial charge in [-0.15, -0.1) is 0 Å². The third-order valence-corrected chi connectivity index (χ3v) is 6.47. The van der Waals surface area contributed by atoms with Gasteiger partial charge in [-0.05, 0) is 80.8 Å². The van der Waals surface area contributed by atoms with Gasteiger partial charge in [0.15, 0.2) is 0 Å². The first-order valence-corrected chi connectivity index (χ1v) is 8.86. The fourth-order valence-electron chi connectivity index (χ4n) is 5.78. The highest BCUT2D eigenvalue weighted by Crippen LogP contribution is 2.61. The number of carbonyl (C=O) groups excluding carboxylic acids is 1. The molecule has 4 saturated carbocycles. The lowest BCUT2D eigenvalue weighted by Gasteiger charge is -2.59. The average Bonchev–Trinajstić information content (AvgIpc) is 2.48. The number of anilines is 1. The Kier molecular flexibility index (Phi) is 3.58. The zero-order valence-corrected chi connectivity index (χ0v) is 13.6. The number of halogens is 1. The molecule has 2 amide bonds. The van der Waals surface area contributed by atoms with E-state index in [0.717, 1.165) is 17.8 Å². The number of amides is 2. The van der Waals surface area contributed by atoms with Gasteiger partial charge in [0.05, 0.1) is 5.69 Å². The van der Waals surface area contributed by atoms with Crippen molar-refractivity contribution in [3.63, 3.8) is 0 Å². The van der Waals surface area contributed by atoms with Crippen molar-refractivity contribution in [3.8, 4) is 0 Å². The molecule has 2 N–H and O–H groups in total. The minimum Gasteiger partial charge on any atom is -0.335 e. The summed E-state index contributed by atoms with van der Waals surface area (Å²) in [4.78, 5) is 12.3. The summed E-state index contributed by atoms with van der Waals surface area (Å²) in [7, 11) is 0. The number of para-hydroxylation sites is 1. The molecule has 1 aromatic carbocycles. The van der Waals surface area contributed by atoms with Crippen LogP contribution < -0.4 is 10.6 Å². The standard InChI is InChI=1S/C19H25FN2O/c1-12(21-18(23)22-17-5-3-2-4-16(17)20)19-9-13-6-14(10-19)8-15(7-13)11-19/h2-5,12-15H,6-11H2,1H3,(H2,21,22,23). The lowest BCUT2D eigenvalue weighted by Crippen LogP contribution is -2.56. The van der Waals surface area contributed by atoms with Crippen LogP contribution in [0, 0.1) is 29.0 Å². The Morgan fingerprint density at radius 1 is 1.13 bits per heavy atom. The predicted molar refractivity (Wildman–Crippen MR) is 88.6 cm³/mol. The zero-order valence-electron chi connectivity index (χ0n) is 13.6. The highest BCUT2D eigenvalue weighted by Gasteiger charge is 2.53. The van der Waals surface area contributed by atoms with Gasteiger partial charge in [-0.3, -0.25) is 0 Å². The van der Waals surface area contributed by atoms with Crippen LogP contribution in [0.5, 0.6) is 0 Å². The summed E-state index contributed by atoms with van der Waals surface area (Å²) < 4.78 is 13.7. The summed E-state index contributed by atoms with van der Waals surface area (Å²) in [6.45, 7) is 2.13. The molecule has 4 aliphatic carbocycles. The van der Waals surface area contributed by atoms with Gasteiger partial charge < -0.3 is 10.6 Å². The Bertz CT molecular complexity index is 580. The molecule has 4 heteroatoms. The van der Waals surface area contributed by atoms with E-state index in [9.17, 15) is 9.18 Å². The van der Waals surface area contributed by atoms with Crippen molar-refractivity contribution in [2.45, 2.75) is 51.5 Å². The van der Waals surface area contributed by atoms with Crippen LogP contribution >= 0.6 is 0 Å². The van der Waals surface area contributed by atoms with Gasteiger partial charge in [0.25, 0.3) is 0 Å².